The van der Waals surface area contributed by atoms with Gasteiger partial charge in [0.25, 0.3) is 5.89 Å². The fourth-order valence-corrected chi connectivity index (χ4v) is 4.15. The molecule has 0 saturated heterocycles. The summed E-state index contributed by atoms with van der Waals surface area (Å²) in [4.78, 5) is 6.75. The van der Waals surface area contributed by atoms with Crippen LogP contribution in [0.2, 0.25) is 0 Å². The molecular weight excluding hydrogens is 424 g/mol. The molecule has 2 heterocycles. The van der Waals surface area contributed by atoms with Crippen LogP contribution < -0.4 is 10.1 Å². The molecule has 0 saturated carbocycles. The monoisotopic (exact) mass is 450 g/mol. The first kappa shape index (κ1) is 21.8. The van der Waals surface area contributed by atoms with Gasteiger partial charge in [-0.25, -0.2) is 0 Å². The number of benzene rings is 2. The number of rotatable bonds is 6. The molecule has 0 fully saturated rings. The number of nitrogens with zero attached hydrogens (tertiary/aromatic N) is 3. The van der Waals surface area contributed by atoms with Crippen LogP contribution in [0, 0.1) is 5.92 Å². The minimum atomic E-state index is -0.369. The highest BCUT2D eigenvalue weighted by Crippen LogP contribution is 2.40. The minimum absolute atomic E-state index is 0.0508. The van der Waals surface area contributed by atoms with Gasteiger partial charge in [0.05, 0.1) is 18.7 Å². The summed E-state index contributed by atoms with van der Waals surface area (Å²) in [6.07, 6.45) is 0. The largest absolute Gasteiger partial charge is 0.504 e. The van der Waals surface area contributed by atoms with Gasteiger partial charge < -0.3 is 24.6 Å². The number of allylic oxidation sites excluding steroid dienone is 1. The molecule has 0 radical (unpaired) electrons. The van der Waals surface area contributed by atoms with Crippen LogP contribution in [-0.4, -0.2) is 38.9 Å². The quantitative estimate of drug-likeness (QED) is 0.520. The zero-order valence-corrected chi connectivity index (χ0v) is 19.3. The molecule has 1 aliphatic heterocycles. The van der Waals surface area contributed by atoms with Gasteiger partial charge in [0.2, 0.25) is 5.82 Å². The van der Waals surface area contributed by atoms with Crippen LogP contribution >= 0.6 is 12.2 Å². The van der Waals surface area contributed by atoms with Crippen molar-refractivity contribution in [2.75, 3.05) is 13.7 Å². The number of nitrogens with one attached hydrogen (secondary N) is 1. The SMILES string of the molecule is COc1ccc(C2NC(=S)N(CC(C)C)C(C)=C2c2nc(-c3ccccc3)no2)cc1O. The summed E-state index contributed by atoms with van der Waals surface area (Å²) in [5.41, 5.74) is 3.44. The Bertz CT molecular complexity index is 1160. The van der Waals surface area contributed by atoms with Crippen molar-refractivity contribution >= 4 is 22.9 Å². The van der Waals surface area contributed by atoms with E-state index in [1.54, 1.807) is 12.1 Å². The maximum absolute atomic E-state index is 10.4. The zero-order chi connectivity index (χ0) is 22.8. The lowest BCUT2D eigenvalue weighted by molar-refractivity contribution is 0.371. The maximum atomic E-state index is 10.4. The van der Waals surface area contributed by atoms with E-state index in [0.717, 1.165) is 28.9 Å². The molecule has 2 N–H and O–H groups in total. The van der Waals surface area contributed by atoms with Gasteiger partial charge in [0.1, 0.15) is 0 Å². The molecule has 1 atom stereocenters. The Labute approximate surface area is 192 Å². The van der Waals surface area contributed by atoms with Crippen LogP contribution in [0.1, 0.15) is 38.3 Å². The molecule has 1 aromatic heterocycles. The van der Waals surface area contributed by atoms with Gasteiger partial charge in [-0.1, -0.05) is 55.4 Å². The maximum Gasteiger partial charge on any atom is 0.258 e. The lowest BCUT2D eigenvalue weighted by Crippen LogP contribution is -2.47. The van der Waals surface area contributed by atoms with E-state index >= 15 is 0 Å². The van der Waals surface area contributed by atoms with E-state index in [2.05, 4.69) is 29.2 Å². The van der Waals surface area contributed by atoms with Gasteiger partial charge >= 0.3 is 0 Å². The lowest BCUT2D eigenvalue weighted by atomic mass is 9.94. The average Bonchev–Trinajstić information content (AvgIpc) is 3.26. The summed E-state index contributed by atoms with van der Waals surface area (Å²) in [5.74, 6) is 1.77. The van der Waals surface area contributed by atoms with Gasteiger partial charge in [0.15, 0.2) is 16.6 Å². The summed E-state index contributed by atoms with van der Waals surface area (Å²) in [6, 6.07) is 14.6. The van der Waals surface area contributed by atoms with Gasteiger partial charge in [-0.05, 0) is 42.8 Å². The van der Waals surface area contributed by atoms with Crippen molar-refractivity contribution in [1.29, 1.82) is 0 Å². The number of aromatic hydroxyl groups is 1. The first-order valence-electron chi connectivity index (χ1n) is 10.4. The Morgan fingerprint density at radius 3 is 2.62 bits per heavy atom. The predicted molar refractivity (Wildman–Crippen MR) is 127 cm³/mol. The topological polar surface area (TPSA) is 83.7 Å². The molecule has 0 amide bonds. The van der Waals surface area contributed by atoms with Crippen LogP contribution in [0.15, 0.2) is 58.8 Å². The summed E-state index contributed by atoms with van der Waals surface area (Å²) < 4.78 is 10.9. The first-order chi connectivity index (χ1) is 15.4. The van der Waals surface area contributed by atoms with Gasteiger partial charge in [-0.2, -0.15) is 4.98 Å². The van der Waals surface area contributed by atoms with E-state index in [1.165, 1.54) is 7.11 Å². The van der Waals surface area contributed by atoms with Crippen LogP contribution in [-0.2, 0) is 0 Å². The second-order valence-corrected chi connectivity index (χ2v) is 8.49. The van der Waals surface area contributed by atoms with Crippen LogP contribution in [0.5, 0.6) is 11.5 Å². The molecule has 8 heteroatoms. The molecule has 1 unspecified atom stereocenters. The average molecular weight is 451 g/mol. The number of phenolic OH excluding ortho intramolecular Hbond substituents is 1. The fourth-order valence-electron chi connectivity index (χ4n) is 3.82. The van der Waals surface area contributed by atoms with E-state index in [-0.39, 0.29) is 11.8 Å². The van der Waals surface area contributed by atoms with E-state index in [4.69, 9.17) is 26.5 Å². The van der Waals surface area contributed by atoms with Crippen molar-refractivity contribution in [2.24, 2.45) is 5.92 Å². The van der Waals surface area contributed by atoms with Crippen LogP contribution in [0.4, 0.5) is 0 Å². The lowest BCUT2D eigenvalue weighted by Gasteiger charge is -2.38. The molecule has 0 bridgehead atoms. The molecule has 0 spiro atoms. The molecule has 166 valence electrons. The Balaban J connectivity index is 1.82. The Morgan fingerprint density at radius 1 is 1.22 bits per heavy atom. The molecule has 3 aromatic rings. The Hall–Kier alpha value is -3.39. The standard InChI is InChI=1S/C24H26N4O3S/c1-14(2)13-28-15(3)20(23-26-22(27-31-23)16-8-6-5-7-9-16)21(25-24(28)32)17-10-11-19(30-4)18(29)12-17/h5-12,14,21,29H,13H2,1-4H3,(H,25,32). The number of ether oxygens (including phenoxy) is 1. The zero-order valence-electron chi connectivity index (χ0n) is 18.5. The molecule has 7 nitrogen and oxygen atoms in total. The summed E-state index contributed by atoms with van der Waals surface area (Å²) in [5, 5.41) is 18.6. The Morgan fingerprint density at radius 2 is 1.97 bits per heavy atom. The number of hydrogen-bond acceptors (Lipinski definition) is 6. The number of hydrogen-bond donors (Lipinski definition) is 2. The van der Waals surface area contributed by atoms with Crippen molar-refractivity contribution in [1.82, 2.24) is 20.4 Å². The van der Waals surface area contributed by atoms with Gasteiger partial charge in [0, 0.05) is 17.8 Å². The summed E-state index contributed by atoms with van der Waals surface area (Å²) >= 11 is 5.69. The summed E-state index contributed by atoms with van der Waals surface area (Å²) in [7, 11) is 1.52. The molecular formula is C24H26N4O3S. The van der Waals surface area contributed by atoms with Crippen LogP contribution in [0.25, 0.3) is 17.0 Å². The van der Waals surface area contributed by atoms with E-state index < -0.39 is 0 Å². The molecule has 2 aromatic carbocycles. The second kappa shape index (κ2) is 9.00. The third-order valence-electron chi connectivity index (χ3n) is 5.37. The predicted octanol–water partition coefficient (Wildman–Crippen LogP) is 4.77. The third kappa shape index (κ3) is 4.18. The van der Waals surface area contributed by atoms with Crippen molar-refractivity contribution < 1.29 is 14.4 Å². The molecule has 4 rings (SSSR count). The van der Waals surface area contributed by atoms with E-state index in [1.807, 2.05) is 43.3 Å². The molecule has 0 aliphatic carbocycles. The van der Waals surface area contributed by atoms with E-state index in [0.29, 0.717) is 28.5 Å². The molecule has 32 heavy (non-hydrogen) atoms. The van der Waals surface area contributed by atoms with E-state index in [9.17, 15) is 5.11 Å². The van der Waals surface area contributed by atoms with Crippen molar-refractivity contribution in [3.05, 3.63) is 65.7 Å². The van der Waals surface area contributed by atoms with Crippen molar-refractivity contribution in [2.45, 2.75) is 26.8 Å². The fraction of sp³-hybridized carbons (Fsp3) is 0.292. The van der Waals surface area contributed by atoms with Gasteiger partial charge in [-0.15, -0.1) is 0 Å². The summed E-state index contributed by atoms with van der Waals surface area (Å²) in [6.45, 7) is 7.04. The highest BCUT2D eigenvalue weighted by Gasteiger charge is 2.34. The second-order valence-electron chi connectivity index (χ2n) is 8.11. The third-order valence-corrected chi connectivity index (χ3v) is 5.71. The number of thiocarbonyl (C=S) groups is 1. The number of methoxy groups -OCH3 is 1. The highest BCUT2D eigenvalue weighted by atomic mass is 32.1. The van der Waals surface area contributed by atoms with Crippen molar-refractivity contribution in [3.8, 4) is 22.9 Å². The normalized spacial score (nSPS) is 16.5. The minimum Gasteiger partial charge on any atom is -0.504 e. The molecule has 1 aliphatic rings. The number of phenols is 1. The number of aromatic nitrogens is 2. The highest BCUT2D eigenvalue weighted by molar-refractivity contribution is 7.80. The van der Waals surface area contributed by atoms with Crippen LogP contribution in [0.3, 0.4) is 0 Å². The smallest absolute Gasteiger partial charge is 0.258 e. The van der Waals surface area contributed by atoms with Gasteiger partial charge in [-0.3, -0.25) is 0 Å². The Kier molecular flexibility index (Phi) is 6.14. The van der Waals surface area contributed by atoms with Crippen molar-refractivity contribution in [3.63, 3.8) is 0 Å². The first-order valence-corrected chi connectivity index (χ1v) is 10.8.